The lowest BCUT2D eigenvalue weighted by Crippen LogP contribution is -2.24. The molecule has 0 fully saturated rings. The molecule has 144 valence electrons. The van der Waals surface area contributed by atoms with Crippen LogP contribution in [0, 0.1) is 0 Å². The molecule has 28 heavy (non-hydrogen) atoms. The van der Waals surface area contributed by atoms with Crippen LogP contribution in [0.15, 0.2) is 71.8 Å². The molecule has 3 aromatic rings. The average molecular weight is 376 g/mol. The number of rotatable bonds is 9. The fourth-order valence-corrected chi connectivity index (χ4v) is 2.60. The van der Waals surface area contributed by atoms with E-state index in [0.717, 1.165) is 41.5 Å². The van der Waals surface area contributed by atoms with Gasteiger partial charge in [-0.25, -0.2) is 5.43 Å². The van der Waals surface area contributed by atoms with Crippen molar-refractivity contribution in [3.05, 3.63) is 72.3 Å². The summed E-state index contributed by atoms with van der Waals surface area (Å²) in [5, 5.41) is 6.16. The molecule has 0 heterocycles. The molecule has 0 saturated heterocycles. The van der Waals surface area contributed by atoms with Gasteiger partial charge in [0.05, 0.1) is 12.8 Å². The SMILES string of the molecule is CCCCOc1ccc(C=NNC(=O)COc2ccc3ccccc3c2)cc1. The second kappa shape index (κ2) is 10.1. The van der Waals surface area contributed by atoms with Gasteiger partial charge in [0, 0.05) is 0 Å². The van der Waals surface area contributed by atoms with Gasteiger partial charge >= 0.3 is 0 Å². The Balaban J connectivity index is 1.44. The van der Waals surface area contributed by atoms with Crippen LogP contribution in [0.25, 0.3) is 10.8 Å². The van der Waals surface area contributed by atoms with E-state index in [4.69, 9.17) is 9.47 Å². The highest BCUT2D eigenvalue weighted by atomic mass is 16.5. The molecule has 0 atom stereocenters. The third-order valence-corrected chi connectivity index (χ3v) is 4.14. The first-order valence-corrected chi connectivity index (χ1v) is 9.41. The van der Waals surface area contributed by atoms with Crippen LogP contribution in [0.3, 0.4) is 0 Å². The van der Waals surface area contributed by atoms with Gasteiger partial charge in [0.2, 0.25) is 0 Å². The third-order valence-electron chi connectivity index (χ3n) is 4.14. The lowest BCUT2D eigenvalue weighted by molar-refractivity contribution is -0.123. The minimum atomic E-state index is -0.316. The third kappa shape index (κ3) is 5.84. The molecule has 0 aromatic heterocycles. The summed E-state index contributed by atoms with van der Waals surface area (Å²) in [6, 6.07) is 21.3. The first kappa shape index (κ1) is 19.4. The molecule has 1 amide bonds. The number of amides is 1. The smallest absolute Gasteiger partial charge is 0.277 e. The van der Waals surface area contributed by atoms with E-state index in [-0.39, 0.29) is 12.5 Å². The number of ether oxygens (including phenoxy) is 2. The minimum absolute atomic E-state index is 0.0973. The second-order valence-electron chi connectivity index (χ2n) is 6.36. The van der Waals surface area contributed by atoms with Crippen molar-refractivity contribution in [3.63, 3.8) is 0 Å². The van der Waals surface area contributed by atoms with Crippen LogP contribution < -0.4 is 14.9 Å². The first-order valence-electron chi connectivity index (χ1n) is 9.41. The molecule has 0 bridgehead atoms. The topological polar surface area (TPSA) is 59.9 Å². The Morgan fingerprint density at radius 1 is 0.964 bits per heavy atom. The van der Waals surface area contributed by atoms with Crippen molar-refractivity contribution in [1.82, 2.24) is 5.43 Å². The van der Waals surface area contributed by atoms with E-state index in [0.29, 0.717) is 5.75 Å². The van der Waals surface area contributed by atoms with Gasteiger partial charge in [-0.15, -0.1) is 0 Å². The number of hydrogen-bond acceptors (Lipinski definition) is 4. The van der Waals surface area contributed by atoms with Gasteiger partial charge in [-0.05, 0) is 59.2 Å². The number of hydrogen-bond donors (Lipinski definition) is 1. The van der Waals surface area contributed by atoms with Crippen molar-refractivity contribution in [2.75, 3.05) is 13.2 Å². The zero-order valence-corrected chi connectivity index (χ0v) is 15.9. The number of carbonyl (C=O) groups excluding carboxylic acids is 1. The maximum Gasteiger partial charge on any atom is 0.277 e. The van der Waals surface area contributed by atoms with E-state index < -0.39 is 0 Å². The highest BCUT2D eigenvalue weighted by Gasteiger charge is 2.02. The predicted molar refractivity (Wildman–Crippen MR) is 112 cm³/mol. The first-order chi connectivity index (χ1) is 13.7. The molecule has 0 aliphatic heterocycles. The van der Waals surface area contributed by atoms with Gasteiger partial charge in [-0.3, -0.25) is 4.79 Å². The number of hydrazone groups is 1. The monoisotopic (exact) mass is 376 g/mol. The summed E-state index contributed by atoms with van der Waals surface area (Å²) in [5.41, 5.74) is 3.34. The fourth-order valence-electron chi connectivity index (χ4n) is 2.60. The van der Waals surface area contributed by atoms with Gasteiger partial charge in [-0.1, -0.05) is 43.7 Å². The van der Waals surface area contributed by atoms with Gasteiger partial charge in [-0.2, -0.15) is 5.10 Å². The van der Waals surface area contributed by atoms with E-state index in [9.17, 15) is 4.79 Å². The molecular weight excluding hydrogens is 352 g/mol. The van der Waals surface area contributed by atoms with E-state index in [1.165, 1.54) is 0 Å². The lowest BCUT2D eigenvalue weighted by atomic mass is 10.1. The van der Waals surface area contributed by atoms with E-state index in [2.05, 4.69) is 17.5 Å². The Hall–Kier alpha value is -3.34. The molecule has 0 radical (unpaired) electrons. The molecule has 3 rings (SSSR count). The van der Waals surface area contributed by atoms with E-state index in [1.807, 2.05) is 66.7 Å². The zero-order valence-electron chi connectivity index (χ0n) is 15.9. The van der Waals surface area contributed by atoms with Crippen LogP contribution in [-0.2, 0) is 4.79 Å². The van der Waals surface area contributed by atoms with Crippen LogP contribution in [0.4, 0.5) is 0 Å². The maximum absolute atomic E-state index is 11.9. The molecule has 0 saturated carbocycles. The van der Waals surface area contributed by atoms with E-state index in [1.54, 1.807) is 6.21 Å². The number of fused-ring (bicyclic) bond motifs is 1. The molecule has 0 unspecified atom stereocenters. The quantitative estimate of drug-likeness (QED) is 0.339. The van der Waals surface area contributed by atoms with Crippen LogP contribution in [0.1, 0.15) is 25.3 Å². The number of nitrogens with one attached hydrogen (secondary N) is 1. The Morgan fingerprint density at radius 2 is 1.71 bits per heavy atom. The van der Waals surface area contributed by atoms with Crippen molar-refractivity contribution < 1.29 is 14.3 Å². The standard InChI is InChI=1S/C23H24N2O3/c1-2-3-14-27-21-11-8-18(9-12-21)16-24-25-23(26)17-28-22-13-10-19-6-4-5-7-20(19)15-22/h4-13,15-16H,2-3,14,17H2,1H3,(H,25,26). The van der Waals surface area contributed by atoms with Crippen molar-refractivity contribution in [3.8, 4) is 11.5 Å². The van der Waals surface area contributed by atoms with Gasteiger partial charge < -0.3 is 9.47 Å². The van der Waals surface area contributed by atoms with Gasteiger partial charge in [0.1, 0.15) is 11.5 Å². The Labute approximate surface area is 165 Å². The maximum atomic E-state index is 11.9. The van der Waals surface area contributed by atoms with Gasteiger partial charge in [0.25, 0.3) is 5.91 Å². The van der Waals surface area contributed by atoms with Crippen molar-refractivity contribution >= 4 is 22.9 Å². The van der Waals surface area contributed by atoms with Crippen molar-refractivity contribution in [2.45, 2.75) is 19.8 Å². The van der Waals surface area contributed by atoms with Crippen molar-refractivity contribution in [2.24, 2.45) is 5.10 Å². The number of unbranched alkanes of at least 4 members (excludes halogenated alkanes) is 1. The predicted octanol–water partition coefficient (Wildman–Crippen LogP) is 4.55. The van der Waals surface area contributed by atoms with Crippen LogP contribution >= 0.6 is 0 Å². The fraction of sp³-hybridized carbons (Fsp3) is 0.217. The summed E-state index contributed by atoms with van der Waals surface area (Å²) in [7, 11) is 0. The summed E-state index contributed by atoms with van der Waals surface area (Å²) >= 11 is 0. The zero-order chi connectivity index (χ0) is 19.6. The molecule has 3 aromatic carbocycles. The second-order valence-corrected chi connectivity index (χ2v) is 6.36. The lowest BCUT2D eigenvalue weighted by Gasteiger charge is -2.06. The largest absolute Gasteiger partial charge is 0.494 e. The molecular formula is C23H24N2O3. The van der Waals surface area contributed by atoms with Crippen molar-refractivity contribution in [1.29, 1.82) is 0 Å². The van der Waals surface area contributed by atoms with Crippen LogP contribution in [0.5, 0.6) is 11.5 Å². The normalized spacial score (nSPS) is 10.9. The molecule has 5 heteroatoms. The molecule has 0 aliphatic carbocycles. The summed E-state index contributed by atoms with van der Waals surface area (Å²) in [4.78, 5) is 11.9. The summed E-state index contributed by atoms with van der Waals surface area (Å²) < 4.78 is 11.2. The molecule has 5 nitrogen and oxygen atoms in total. The Kier molecular flexibility index (Phi) is 7.01. The Morgan fingerprint density at radius 3 is 2.50 bits per heavy atom. The average Bonchev–Trinajstić information content (AvgIpc) is 2.73. The number of carbonyl (C=O) groups is 1. The summed E-state index contributed by atoms with van der Waals surface area (Å²) in [6.07, 6.45) is 3.73. The minimum Gasteiger partial charge on any atom is -0.494 e. The van der Waals surface area contributed by atoms with E-state index >= 15 is 0 Å². The highest BCUT2D eigenvalue weighted by molar-refractivity contribution is 5.84. The Bertz CT molecular complexity index is 936. The highest BCUT2D eigenvalue weighted by Crippen LogP contribution is 2.20. The summed E-state index contributed by atoms with van der Waals surface area (Å²) in [5.74, 6) is 1.17. The molecule has 1 N–H and O–H groups in total. The van der Waals surface area contributed by atoms with Crippen LogP contribution in [-0.4, -0.2) is 25.3 Å². The van der Waals surface area contributed by atoms with Gasteiger partial charge in [0.15, 0.2) is 6.61 Å². The number of nitrogens with zero attached hydrogens (tertiary/aromatic N) is 1. The number of benzene rings is 3. The van der Waals surface area contributed by atoms with Crippen LogP contribution in [0.2, 0.25) is 0 Å². The molecule has 0 spiro atoms. The summed E-state index contributed by atoms with van der Waals surface area (Å²) in [6.45, 7) is 2.75. The molecule has 0 aliphatic rings.